The van der Waals surface area contributed by atoms with Gasteiger partial charge in [-0.2, -0.15) is 0 Å². The van der Waals surface area contributed by atoms with E-state index in [0.717, 1.165) is 11.3 Å². The van der Waals surface area contributed by atoms with Crippen LogP contribution >= 0.6 is 0 Å². The Hall–Kier alpha value is -2.29. The second kappa shape index (κ2) is 6.59. The van der Waals surface area contributed by atoms with Gasteiger partial charge in [0.05, 0.1) is 6.61 Å². The van der Waals surface area contributed by atoms with Gasteiger partial charge < -0.3 is 10.1 Å². The van der Waals surface area contributed by atoms with Crippen molar-refractivity contribution >= 4 is 5.91 Å². The Labute approximate surface area is 113 Å². The zero-order valence-electron chi connectivity index (χ0n) is 10.9. The van der Waals surface area contributed by atoms with Crippen LogP contribution in [0.25, 0.3) is 0 Å². The van der Waals surface area contributed by atoms with Crippen LogP contribution in [0.3, 0.4) is 0 Å². The maximum atomic E-state index is 11.9. The maximum absolute atomic E-state index is 11.9. The summed E-state index contributed by atoms with van der Waals surface area (Å²) in [6.45, 7) is 3.09. The summed E-state index contributed by atoms with van der Waals surface area (Å²) in [5.74, 6) is 0.703. The zero-order valence-corrected chi connectivity index (χ0v) is 10.9. The minimum atomic E-state index is -0.0769. The normalized spacial score (nSPS) is 9.95. The molecule has 2 aromatic carbocycles. The van der Waals surface area contributed by atoms with Gasteiger partial charge in [0, 0.05) is 12.1 Å². The highest BCUT2D eigenvalue weighted by atomic mass is 16.5. The van der Waals surface area contributed by atoms with Crippen LogP contribution < -0.4 is 10.1 Å². The summed E-state index contributed by atoms with van der Waals surface area (Å²) < 4.78 is 5.34. The number of rotatable bonds is 5. The monoisotopic (exact) mass is 255 g/mol. The average molecular weight is 255 g/mol. The van der Waals surface area contributed by atoms with Crippen molar-refractivity contribution in [3.05, 3.63) is 65.7 Å². The molecular weight excluding hydrogens is 238 g/mol. The average Bonchev–Trinajstić information content (AvgIpc) is 2.47. The molecule has 3 heteroatoms. The molecule has 0 aliphatic heterocycles. The molecule has 19 heavy (non-hydrogen) atoms. The minimum Gasteiger partial charge on any atom is -0.494 e. The molecule has 3 nitrogen and oxygen atoms in total. The highest BCUT2D eigenvalue weighted by Crippen LogP contribution is 2.12. The number of ether oxygens (including phenoxy) is 1. The summed E-state index contributed by atoms with van der Waals surface area (Å²) in [4.78, 5) is 11.9. The van der Waals surface area contributed by atoms with Crippen LogP contribution in [0, 0.1) is 0 Å². The van der Waals surface area contributed by atoms with E-state index in [0.29, 0.717) is 18.7 Å². The van der Waals surface area contributed by atoms with E-state index in [1.165, 1.54) is 0 Å². The Morgan fingerprint density at radius 3 is 2.37 bits per heavy atom. The lowest BCUT2D eigenvalue weighted by Crippen LogP contribution is -2.22. The van der Waals surface area contributed by atoms with Crippen molar-refractivity contribution in [2.45, 2.75) is 13.5 Å². The molecule has 0 aromatic heterocycles. The van der Waals surface area contributed by atoms with Crippen molar-refractivity contribution in [2.75, 3.05) is 6.61 Å². The van der Waals surface area contributed by atoms with Crippen molar-refractivity contribution in [3.63, 3.8) is 0 Å². The predicted octanol–water partition coefficient (Wildman–Crippen LogP) is 3.02. The summed E-state index contributed by atoms with van der Waals surface area (Å²) in [6.07, 6.45) is 0. The Bertz CT molecular complexity index is 520. The first-order valence-electron chi connectivity index (χ1n) is 6.34. The van der Waals surface area contributed by atoms with Crippen LogP contribution in [-0.2, 0) is 6.54 Å². The van der Waals surface area contributed by atoms with Crippen LogP contribution in [-0.4, -0.2) is 12.5 Å². The molecule has 0 aliphatic rings. The molecule has 0 saturated carbocycles. The molecular formula is C16H17NO2. The first kappa shape index (κ1) is 13.1. The van der Waals surface area contributed by atoms with E-state index in [4.69, 9.17) is 4.74 Å². The zero-order chi connectivity index (χ0) is 13.5. The second-order valence-electron chi connectivity index (χ2n) is 4.13. The van der Waals surface area contributed by atoms with Gasteiger partial charge in [0.15, 0.2) is 0 Å². The van der Waals surface area contributed by atoms with Gasteiger partial charge in [-0.15, -0.1) is 0 Å². The van der Waals surface area contributed by atoms with Gasteiger partial charge in [0.25, 0.3) is 5.91 Å². The molecule has 0 saturated heterocycles. The summed E-state index contributed by atoms with van der Waals surface area (Å²) in [5.41, 5.74) is 1.72. The van der Waals surface area contributed by atoms with Gasteiger partial charge >= 0.3 is 0 Å². The van der Waals surface area contributed by atoms with Gasteiger partial charge in [-0.05, 0) is 36.8 Å². The largest absolute Gasteiger partial charge is 0.494 e. The molecule has 0 heterocycles. The number of benzene rings is 2. The number of nitrogens with one attached hydrogen (secondary N) is 1. The van der Waals surface area contributed by atoms with Crippen LogP contribution in [0.2, 0.25) is 0 Å². The number of carbonyl (C=O) groups excluding carboxylic acids is 1. The Morgan fingerprint density at radius 2 is 1.74 bits per heavy atom. The van der Waals surface area contributed by atoms with Crippen molar-refractivity contribution < 1.29 is 9.53 Å². The first-order chi connectivity index (χ1) is 9.29. The molecule has 0 aliphatic carbocycles. The van der Waals surface area contributed by atoms with Crippen molar-refractivity contribution in [3.8, 4) is 5.75 Å². The van der Waals surface area contributed by atoms with Crippen LogP contribution in [0.4, 0.5) is 0 Å². The van der Waals surface area contributed by atoms with E-state index < -0.39 is 0 Å². The van der Waals surface area contributed by atoms with Crippen LogP contribution in [0.1, 0.15) is 22.8 Å². The molecule has 0 atom stereocenters. The van der Waals surface area contributed by atoms with E-state index in [9.17, 15) is 4.79 Å². The molecule has 1 amide bonds. The molecule has 0 radical (unpaired) electrons. The lowest BCUT2D eigenvalue weighted by atomic mass is 10.2. The molecule has 0 fully saturated rings. The Balaban J connectivity index is 1.92. The highest BCUT2D eigenvalue weighted by Gasteiger charge is 2.05. The topological polar surface area (TPSA) is 38.3 Å². The summed E-state index contributed by atoms with van der Waals surface area (Å²) in [7, 11) is 0. The van der Waals surface area contributed by atoms with Gasteiger partial charge in [-0.25, -0.2) is 0 Å². The third-order valence-electron chi connectivity index (χ3n) is 2.72. The fourth-order valence-electron chi connectivity index (χ4n) is 1.75. The van der Waals surface area contributed by atoms with Gasteiger partial charge in [0.1, 0.15) is 5.75 Å². The standard InChI is InChI=1S/C16H17NO2/c1-2-19-15-10-8-14(9-11-15)16(18)17-12-13-6-4-3-5-7-13/h3-11H,2,12H2,1H3,(H,17,18). The van der Waals surface area contributed by atoms with Crippen LogP contribution in [0.15, 0.2) is 54.6 Å². The number of carbonyl (C=O) groups is 1. The number of hydrogen-bond donors (Lipinski definition) is 1. The summed E-state index contributed by atoms with van der Waals surface area (Å²) >= 11 is 0. The van der Waals surface area contributed by atoms with E-state index in [1.807, 2.05) is 37.3 Å². The van der Waals surface area contributed by atoms with Crippen molar-refractivity contribution in [1.29, 1.82) is 0 Å². The van der Waals surface area contributed by atoms with E-state index >= 15 is 0 Å². The van der Waals surface area contributed by atoms with E-state index in [1.54, 1.807) is 24.3 Å². The molecule has 98 valence electrons. The lowest BCUT2D eigenvalue weighted by Gasteiger charge is -2.06. The molecule has 0 spiro atoms. The Morgan fingerprint density at radius 1 is 1.05 bits per heavy atom. The number of hydrogen-bond acceptors (Lipinski definition) is 2. The maximum Gasteiger partial charge on any atom is 0.251 e. The van der Waals surface area contributed by atoms with Crippen molar-refractivity contribution in [2.24, 2.45) is 0 Å². The quantitative estimate of drug-likeness (QED) is 0.892. The van der Waals surface area contributed by atoms with Crippen molar-refractivity contribution in [1.82, 2.24) is 5.32 Å². The molecule has 0 unspecified atom stereocenters. The fourth-order valence-corrected chi connectivity index (χ4v) is 1.75. The second-order valence-corrected chi connectivity index (χ2v) is 4.13. The summed E-state index contributed by atoms with van der Waals surface area (Å²) in [5, 5.41) is 2.89. The first-order valence-corrected chi connectivity index (χ1v) is 6.34. The third-order valence-corrected chi connectivity index (χ3v) is 2.72. The summed E-state index contributed by atoms with van der Waals surface area (Å²) in [6, 6.07) is 17.0. The Kier molecular flexibility index (Phi) is 4.56. The van der Waals surface area contributed by atoms with Crippen LogP contribution in [0.5, 0.6) is 5.75 Å². The molecule has 2 rings (SSSR count). The molecule has 0 bridgehead atoms. The highest BCUT2D eigenvalue weighted by molar-refractivity contribution is 5.94. The predicted molar refractivity (Wildman–Crippen MR) is 75.2 cm³/mol. The van der Waals surface area contributed by atoms with E-state index in [2.05, 4.69) is 5.32 Å². The van der Waals surface area contributed by atoms with Gasteiger partial charge in [-0.1, -0.05) is 30.3 Å². The lowest BCUT2D eigenvalue weighted by molar-refractivity contribution is 0.0951. The van der Waals surface area contributed by atoms with E-state index in [-0.39, 0.29) is 5.91 Å². The SMILES string of the molecule is CCOc1ccc(C(=O)NCc2ccccc2)cc1. The smallest absolute Gasteiger partial charge is 0.251 e. The van der Waals surface area contributed by atoms with Gasteiger partial charge in [-0.3, -0.25) is 4.79 Å². The minimum absolute atomic E-state index is 0.0769. The third kappa shape index (κ3) is 3.85. The van der Waals surface area contributed by atoms with Gasteiger partial charge in [0.2, 0.25) is 0 Å². The molecule has 1 N–H and O–H groups in total. The molecule has 2 aromatic rings. The number of amides is 1. The fraction of sp³-hybridized carbons (Fsp3) is 0.188.